The average molecular weight is 386 g/mol. The Morgan fingerprint density at radius 2 is 1.21 bits per heavy atom. The van der Waals surface area contributed by atoms with Gasteiger partial charge in [0, 0.05) is 11.1 Å². The van der Waals surface area contributed by atoms with E-state index in [1.165, 1.54) is 16.3 Å². The molecule has 0 aromatic heterocycles. The molecule has 4 aromatic rings. The van der Waals surface area contributed by atoms with Gasteiger partial charge in [-0.1, -0.05) is 116 Å². The maximum Gasteiger partial charge on any atom is 0.116 e. The molecule has 4 aromatic carbocycles. The van der Waals surface area contributed by atoms with Crippen LogP contribution in [0.2, 0.25) is 0 Å². The van der Waals surface area contributed by atoms with E-state index in [1.807, 2.05) is 80.6 Å². The summed E-state index contributed by atoms with van der Waals surface area (Å²) in [6.45, 7) is 6.08. The third-order valence-corrected chi connectivity index (χ3v) is 4.33. The molecule has 0 aliphatic rings. The highest BCUT2D eigenvalue weighted by molar-refractivity contribution is 5.93. The molecular formula is C26H31N3. The van der Waals surface area contributed by atoms with Crippen LogP contribution >= 0.6 is 0 Å². The number of nitrogens with two attached hydrogens (primary N) is 1. The van der Waals surface area contributed by atoms with Crippen LogP contribution in [0.5, 0.6) is 0 Å². The van der Waals surface area contributed by atoms with Gasteiger partial charge in [-0.25, -0.2) is 5.43 Å². The summed E-state index contributed by atoms with van der Waals surface area (Å²) in [6, 6.07) is 34.9. The van der Waals surface area contributed by atoms with Crippen LogP contribution in [-0.4, -0.2) is 0 Å². The van der Waals surface area contributed by atoms with E-state index in [4.69, 9.17) is 5.84 Å². The Balaban J connectivity index is 0.000000280. The number of fused-ring (bicyclic) bond motifs is 1. The quantitative estimate of drug-likeness (QED) is 0.215. The lowest BCUT2D eigenvalue weighted by Crippen LogP contribution is -2.33. The predicted molar refractivity (Wildman–Crippen MR) is 127 cm³/mol. The molecule has 3 nitrogen and oxygen atoms in total. The van der Waals surface area contributed by atoms with Gasteiger partial charge < -0.3 is 5.32 Å². The molecule has 0 saturated heterocycles. The topological polar surface area (TPSA) is 50.1 Å². The molecule has 4 N–H and O–H groups in total. The third kappa shape index (κ3) is 6.75. The molecule has 0 bridgehead atoms. The number of hydrogen-bond donors (Lipinski definition) is 3. The molecule has 0 radical (unpaired) electrons. The number of aryl methyl sites for hydroxylation is 1. The van der Waals surface area contributed by atoms with Crippen molar-refractivity contribution in [1.29, 1.82) is 0 Å². The second-order valence-corrected chi connectivity index (χ2v) is 6.34. The largest absolute Gasteiger partial charge is 0.365 e. The SMILES string of the molecule is CC.Cc1ccccc1.NNC(Nc1cccc2ccccc12)c1ccccc1. The van der Waals surface area contributed by atoms with Crippen LogP contribution in [0.3, 0.4) is 0 Å². The Labute approximate surface area is 174 Å². The first-order valence-corrected chi connectivity index (χ1v) is 10.0. The van der Waals surface area contributed by atoms with E-state index in [9.17, 15) is 0 Å². The Hall–Kier alpha value is -3.14. The second-order valence-electron chi connectivity index (χ2n) is 6.34. The van der Waals surface area contributed by atoms with Crippen LogP contribution in [-0.2, 0) is 0 Å². The van der Waals surface area contributed by atoms with Gasteiger partial charge >= 0.3 is 0 Å². The van der Waals surface area contributed by atoms with Crippen molar-refractivity contribution in [3.8, 4) is 0 Å². The summed E-state index contributed by atoms with van der Waals surface area (Å²) in [5.74, 6) is 5.68. The minimum atomic E-state index is -0.123. The minimum Gasteiger partial charge on any atom is -0.365 e. The first-order chi connectivity index (χ1) is 14.3. The van der Waals surface area contributed by atoms with Gasteiger partial charge in [0.05, 0.1) is 0 Å². The van der Waals surface area contributed by atoms with Crippen LogP contribution in [0.4, 0.5) is 5.69 Å². The van der Waals surface area contributed by atoms with Crippen molar-refractivity contribution in [3.05, 3.63) is 114 Å². The molecule has 150 valence electrons. The van der Waals surface area contributed by atoms with E-state index < -0.39 is 0 Å². The van der Waals surface area contributed by atoms with E-state index >= 15 is 0 Å². The van der Waals surface area contributed by atoms with E-state index in [1.54, 1.807) is 0 Å². The summed E-state index contributed by atoms with van der Waals surface area (Å²) >= 11 is 0. The number of benzene rings is 4. The van der Waals surface area contributed by atoms with Crippen molar-refractivity contribution in [2.45, 2.75) is 26.9 Å². The molecule has 0 saturated carbocycles. The van der Waals surface area contributed by atoms with Crippen molar-refractivity contribution in [2.24, 2.45) is 5.84 Å². The van der Waals surface area contributed by atoms with E-state index in [0.717, 1.165) is 11.3 Å². The van der Waals surface area contributed by atoms with Crippen LogP contribution in [0.25, 0.3) is 10.8 Å². The Kier molecular flexibility index (Phi) is 9.43. The lowest BCUT2D eigenvalue weighted by molar-refractivity contribution is 0.616. The fraction of sp³-hybridized carbons (Fsp3) is 0.154. The molecule has 0 amide bonds. The molecule has 0 aliphatic heterocycles. The molecule has 1 unspecified atom stereocenters. The maximum absolute atomic E-state index is 5.68. The maximum atomic E-state index is 5.68. The summed E-state index contributed by atoms with van der Waals surface area (Å²) < 4.78 is 0. The Bertz CT molecular complexity index is 948. The van der Waals surface area contributed by atoms with Crippen LogP contribution in [0.1, 0.15) is 31.1 Å². The standard InChI is InChI=1S/C17H17N3.C7H8.C2H6/c18-20-17(14-8-2-1-3-9-14)19-16-12-6-10-13-7-4-5-11-15(13)16;1-7-5-3-2-4-6-7;1-2/h1-12,17,19-20H,18H2;2-6H,1H3;1-2H3. The third-order valence-electron chi connectivity index (χ3n) is 4.33. The lowest BCUT2D eigenvalue weighted by Gasteiger charge is -2.20. The molecule has 29 heavy (non-hydrogen) atoms. The fourth-order valence-electron chi connectivity index (χ4n) is 2.91. The van der Waals surface area contributed by atoms with Crippen molar-refractivity contribution in [1.82, 2.24) is 5.43 Å². The Morgan fingerprint density at radius 3 is 1.79 bits per heavy atom. The zero-order valence-corrected chi connectivity index (χ0v) is 17.5. The molecular weight excluding hydrogens is 354 g/mol. The second kappa shape index (κ2) is 12.3. The highest BCUT2D eigenvalue weighted by Gasteiger charge is 2.09. The van der Waals surface area contributed by atoms with Crippen LogP contribution in [0, 0.1) is 6.92 Å². The normalized spacial score (nSPS) is 10.8. The van der Waals surface area contributed by atoms with Crippen LogP contribution in [0.15, 0.2) is 103 Å². The summed E-state index contributed by atoms with van der Waals surface area (Å²) in [5.41, 5.74) is 6.31. The minimum absolute atomic E-state index is 0.123. The molecule has 0 heterocycles. The van der Waals surface area contributed by atoms with Gasteiger partial charge in [-0.2, -0.15) is 0 Å². The van der Waals surface area contributed by atoms with Gasteiger partial charge in [-0.05, 0) is 23.9 Å². The zero-order valence-electron chi connectivity index (χ0n) is 17.5. The monoisotopic (exact) mass is 385 g/mol. The van der Waals surface area contributed by atoms with Gasteiger partial charge in [0.1, 0.15) is 6.17 Å². The summed E-state index contributed by atoms with van der Waals surface area (Å²) in [5, 5.41) is 5.85. The van der Waals surface area contributed by atoms with E-state index in [0.29, 0.717) is 0 Å². The first kappa shape index (κ1) is 22.2. The number of nitrogens with one attached hydrogen (secondary N) is 2. The summed E-state index contributed by atoms with van der Waals surface area (Å²) in [6.07, 6.45) is -0.123. The molecule has 0 spiro atoms. The predicted octanol–water partition coefficient (Wildman–Crippen LogP) is 6.44. The number of hydrazine groups is 1. The number of rotatable bonds is 4. The number of anilines is 1. The Morgan fingerprint density at radius 1 is 0.655 bits per heavy atom. The fourth-order valence-corrected chi connectivity index (χ4v) is 2.91. The number of hydrogen-bond acceptors (Lipinski definition) is 3. The van der Waals surface area contributed by atoms with E-state index in [2.05, 4.69) is 54.1 Å². The van der Waals surface area contributed by atoms with Gasteiger partial charge in [-0.15, -0.1) is 0 Å². The molecule has 0 fully saturated rings. The lowest BCUT2D eigenvalue weighted by atomic mass is 10.1. The molecule has 0 aliphatic carbocycles. The van der Waals surface area contributed by atoms with Gasteiger partial charge in [0.25, 0.3) is 0 Å². The first-order valence-electron chi connectivity index (χ1n) is 10.0. The summed E-state index contributed by atoms with van der Waals surface area (Å²) in [4.78, 5) is 0. The molecule has 4 rings (SSSR count). The average Bonchev–Trinajstić information content (AvgIpc) is 2.80. The van der Waals surface area contributed by atoms with E-state index in [-0.39, 0.29) is 6.17 Å². The van der Waals surface area contributed by atoms with Crippen molar-refractivity contribution in [2.75, 3.05) is 5.32 Å². The zero-order chi connectivity index (χ0) is 20.9. The van der Waals surface area contributed by atoms with Gasteiger partial charge in [0.15, 0.2) is 0 Å². The highest BCUT2D eigenvalue weighted by Crippen LogP contribution is 2.25. The van der Waals surface area contributed by atoms with Crippen molar-refractivity contribution in [3.63, 3.8) is 0 Å². The van der Waals surface area contributed by atoms with Crippen molar-refractivity contribution < 1.29 is 0 Å². The van der Waals surface area contributed by atoms with Crippen molar-refractivity contribution >= 4 is 16.5 Å². The smallest absolute Gasteiger partial charge is 0.116 e. The highest BCUT2D eigenvalue weighted by atomic mass is 15.3. The van der Waals surface area contributed by atoms with Gasteiger partial charge in [-0.3, -0.25) is 5.84 Å². The van der Waals surface area contributed by atoms with Gasteiger partial charge in [0.2, 0.25) is 0 Å². The molecule has 3 heteroatoms. The summed E-state index contributed by atoms with van der Waals surface area (Å²) in [7, 11) is 0. The molecule has 1 atom stereocenters. The van der Waals surface area contributed by atoms with Crippen LogP contribution < -0.4 is 16.6 Å².